The SMILES string of the molecule is CC(=O)c1cccc(NC(=O)CN(C)C(C)(C)C(=O)O)c1. The molecule has 1 amide bonds. The molecule has 0 aromatic heterocycles. The van der Waals surface area contributed by atoms with Crippen molar-refractivity contribution < 1.29 is 19.5 Å². The van der Waals surface area contributed by atoms with E-state index in [9.17, 15) is 14.4 Å². The second kappa shape index (κ2) is 6.49. The molecule has 0 aliphatic carbocycles. The van der Waals surface area contributed by atoms with Gasteiger partial charge >= 0.3 is 5.97 Å². The van der Waals surface area contributed by atoms with E-state index in [1.54, 1.807) is 31.3 Å². The molecule has 1 rings (SSSR count). The minimum Gasteiger partial charge on any atom is -0.480 e. The predicted molar refractivity (Wildman–Crippen MR) is 79.4 cm³/mol. The number of likely N-dealkylation sites (N-methyl/N-ethyl adjacent to an activating group) is 1. The third-order valence-electron chi connectivity index (χ3n) is 3.41. The minimum absolute atomic E-state index is 0.0659. The van der Waals surface area contributed by atoms with Gasteiger partial charge in [0.25, 0.3) is 0 Å². The first-order valence-corrected chi connectivity index (χ1v) is 6.50. The predicted octanol–water partition coefficient (Wildman–Crippen LogP) is 1.62. The van der Waals surface area contributed by atoms with E-state index in [2.05, 4.69) is 5.32 Å². The second-order valence-electron chi connectivity index (χ2n) is 5.41. The largest absolute Gasteiger partial charge is 0.480 e. The van der Waals surface area contributed by atoms with Crippen LogP contribution < -0.4 is 5.32 Å². The summed E-state index contributed by atoms with van der Waals surface area (Å²) in [5.41, 5.74) is -0.125. The summed E-state index contributed by atoms with van der Waals surface area (Å²) in [6, 6.07) is 6.60. The zero-order chi connectivity index (χ0) is 16.2. The average molecular weight is 292 g/mol. The van der Waals surface area contributed by atoms with Crippen molar-refractivity contribution in [1.82, 2.24) is 4.90 Å². The minimum atomic E-state index is -1.14. The lowest BCUT2D eigenvalue weighted by Crippen LogP contribution is -2.50. The normalized spacial score (nSPS) is 11.3. The number of Topliss-reactive ketones (excluding diaryl/α,β-unsaturated/α-hetero) is 1. The summed E-state index contributed by atoms with van der Waals surface area (Å²) in [7, 11) is 1.57. The van der Waals surface area contributed by atoms with E-state index in [0.717, 1.165) is 0 Å². The first-order valence-electron chi connectivity index (χ1n) is 6.50. The Bertz CT molecular complexity index is 567. The molecule has 0 atom stereocenters. The fraction of sp³-hybridized carbons (Fsp3) is 0.400. The number of carbonyl (C=O) groups is 3. The van der Waals surface area contributed by atoms with Crippen molar-refractivity contribution >= 4 is 23.3 Å². The molecular weight excluding hydrogens is 272 g/mol. The highest BCUT2D eigenvalue weighted by molar-refractivity contribution is 5.97. The number of rotatable bonds is 6. The van der Waals surface area contributed by atoms with Gasteiger partial charge in [-0.1, -0.05) is 12.1 Å². The highest BCUT2D eigenvalue weighted by atomic mass is 16.4. The fourth-order valence-corrected chi connectivity index (χ4v) is 1.59. The van der Waals surface area contributed by atoms with Crippen LogP contribution in [0.4, 0.5) is 5.69 Å². The van der Waals surface area contributed by atoms with Gasteiger partial charge in [0.05, 0.1) is 6.54 Å². The number of ketones is 1. The lowest BCUT2D eigenvalue weighted by molar-refractivity contribution is -0.148. The van der Waals surface area contributed by atoms with E-state index in [0.29, 0.717) is 11.3 Å². The number of nitrogens with one attached hydrogen (secondary N) is 1. The molecule has 0 saturated carbocycles. The van der Waals surface area contributed by atoms with Crippen LogP contribution in [0.2, 0.25) is 0 Å². The van der Waals surface area contributed by atoms with Crippen LogP contribution in [0, 0.1) is 0 Å². The quantitative estimate of drug-likeness (QED) is 0.778. The van der Waals surface area contributed by atoms with Crippen LogP contribution in [0.5, 0.6) is 0 Å². The summed E-state index contributed by atoms with van der Waals surface area (Å²) >= 11 is 0. The van der Waals surface area contributed by atoms with Crippen molar-refractivity contribution in [3.8, 4) is 0 Å². The molecule has 0 heterocycles. The van der Waals surface area contributed by atoms with Crippen LogP contribution in [0.15, 0.2) is 24.3 Å². The van der Waals surface area contributed by atoms with Gasteiger partial charge in [0.15, 0.2) is 5.78 Å². The van der Waals surface area contributed by atoms with Crippen LogP contribution in [-0.2, 0) is 9.59 Å². The molecule has 0 spiro atoms. The first-order chi connectivity index (χ1) is 9.64. The van der Waals surface area contributed by atoms with Gasteiger partial charge in [0, 0.05) is 11.3 Å². The summed E-state index contributed by atoms with van der Waals surface area (Å²) in [5.74, 6) is -1.43. The molecule has 0 bridgehead atoms. The van der Waals surface area contributed by atoms with Crippen molar-refractivity contribution in [2.45, 2.75) is 26.3 Å². The van der Waals surface area contributed by atoms with E-state index >= 15 is 0 Å². The Morgan fingerprint density at radius 1 is 1.29 bits per heavy atom. The van der Waals surface area contributed by atoms with Gasteiger partial charge < -0.3 is 10.4 Å². The highest BCUT2D eigenvalue weighted by Crippen LogP contribution is 2.14. The zero-order valence-corrected chi connectivity index (χ0v) is 12.6. The smallest absolute Gasteiger partial charge is 0.323 e. The third-order valence-corrected chi connectivity index (χ3v) is 3.41. The maximum Gasteiger partial charge on any atom is 0.323 e. The van der Waals surface area contributed by atoms with Crippen LogP contribution in [0.3, 0.4) is 0 Å². The average Bonchev–Trinajstić information content (AvgIpc) is 2.38. The molecular formula is C15H20N2O4. The van der Waals surface area contributed by atoms with E-state index in [4.69, 9.17) is 5.11 Å². The zero-order valence-electron chi connectivity index (χ0n) is 12.6. The van der Waals surface area contributed by atoms with Gasteiger partial charge in [0.1, 0.15) is 5.54 Å². The molecule has 2 N–H and O–H groups in total. The molecule has 0 saturated heterocycles. The Hall–Kier alpha value is -2.21. The van der Waals surface area contributed by atoms with Gasteiger partial charge in [-0.15, -0.1) is 0 Å². The van der Waals surface area contributed by atoms with Gasteiger partial charge in [-0.05, 0) is 40.0 Å². The first kappa shape index (κ1) is 16.8. The summed E-state index contributed by atoms with van der Waals surface area (Å²) < 4.78 is 0. The van der Waals surface area contributed by atoms with Crippen molar-refractivity contribution in [2.75, 3.05) is 18.9 Å². The second-order valence-corrected chi connectivity index (χ2v) is 5.41. The van der Waals surface area contributed by atoms with E-state index in [-0.39, 0.29) is 18.2 Å². The maximum atomic E-state index is 11.9. The number of hydrogen-bond donors (Lipinski definition) is 2. The monoisotopic (exact) mass is 292 g/mol. The Morgan fingerprint density at radius 3 is 2.43 bits per heavy atom. The van der Waals surface area contributed by atoms with E-state index in [1.165, 1.54) is 25.7 Å². The van der Waals surface area contributed by atoms with Crippen molar-refractivity contribution in [1.29, 1.82) is 0 Å². The molecule has 114 valence electrons. The summed E-state index contributed by atoms with van der Waals surface area (Å²) in [4.78, 5) is 35.8. The van der Waals surface area contributed by atoms with Crippen molar-refractivity contribution in [3.05, 3.63) is 29.8 Å². The van der Waals surface area contributed by atoms with Crippen molar-refractivity contribution in [3.63, 3.8) is 0 Å². The molecule has 6 nitrogen and oxygen atoms in total. The molecule has 6 heteroatoms. The summed E-state index contributed by atoms with van der Waals surface area (Å²) in [5, 5.41) is 11.8. The fourth-order valence-electron chi connectivity index (χ4n) is 1.59. The van der Waals surface area contributed by atoms with Crippen LogP contribution in [-0.4, -0.2) is 46.8 Å². The number of benzene rings is 1. The lowest BCUT2D eigenvalue weighted by atomic mass is 10.0. The molecule has 1 aromatic carbocycles. The number of carboxylic acids is 1. The van der Waals surface area contributed by atoms with E-state index < -0.39 is 11.5 Å². The molecule has 1 aromatic rings. The van der Waals surface area contributed by atoms with Gasteiger partial charge in [-0.25, -0.2) is 0 Å². The molecule has 0 aliphatic heterocycles. The summed E-state index contributed by atoms with van der Waals surface area (Å²) in [6.07, 6.45) is 0. The number of nitrogens with zero attached hydrogens (tertiary/aromatic N) is 1. The van der Waals surface area contributed by atoms with Gasteiger partial charge in [-0.3, -0.25) is 19.3 Å². The molecule has 0 fully saturated rings. The number of carboxylic acid groups (broad SMARTS) is 1. The van der Waals surface area contributed by atoms with Crippen LogP contribution >= 0.6 is 0 Å². The molecule has 0 radical (unpaired) electrons. The molecule has 0 unspecified atom stereocenters. The Balaban J connectivity index is 2.72. The number of hydrogen-bond acceptors (Lipinski definition) is 4. The highest BCUT2D eigenvalue weighted by Gasteiger charge is 2.32. The van der Waals surface area contributed by atoms with Gasteiger partial charge in [0.2, 0.25) is 5.91 Å². The number of carbonyl (C=O) groups excluding carboxylic acids is 2. The molecule has 0 aliphatic rings. The number of amides is 1. The standard InChI is InChI=1S/C15H20N2O4/c1-10(18)11-6-5-7-12(8-11)16-13(19)9-17(4)15(2,3)14(20)21/h5-8H,9H2,1-4H3,(H,16,19)(H,20,21). The van der Waals surface area contributed by atoms with Crippen LogP contribution in [0.1, 0.15) is 31.1 Å². The lowest BCUT2D eigenvalue weighted by Gasteiger charge is -2.30. The number of aliphatic carboxylic acids is 1. The maximum absolute atomic E-state index is 11.9. The molecule has 21 heavy (non-hydrogen) atoms. The van der Waals surface area contributed by atoms with Crippen molar-refractivity contribution in [2.24, 2.45) is 0 Å². The Labute approximate surface area is 123 Å². The number of anilines is 1. The topological polar surface area (TPSA) is 86.7 Å². The third kappa shape index (κ3) is 4.39. The Kier molecular flexibility index (Phi) is 5.21. The van der Waals surface area contributed by atoms with Gasteiger partial charge in [-0.2, -0.15) is 0 Å². The van der Waals surface area contributed by atoms with Crippen LogP contribution in [0.25, 0.3) is 0 Å². The Morgan fingerprint density at radius 2 is 1.90 bits per heavy atom. The van der Waals surface area contributed by atoms with E-state index in [1.807, 2.05) is 0 Å². The summed E-state index contributed by atoms with van der Waals surface area (Å²) in [6.45, 7) is 4.44.